The molecule has 11 heterocycles. The molecule has 1 aromatic carbocycles. The fraction of sp³-hybridized carbons (Fsp3) is 0.632. The fourth-order valence-corrected chi connectivity index (χ4v) is 13.9. The Morgan fingerprint density at radius 2 is 1.63 bits per heavy atom. The maximum atomic E-state index is 13.6. The van der Waals surface area contributed by atoms with Crippen LogP contribution in [0.2, 0.25) is 5.02 Å². The van der Waals surface area contributed by atoms with Gasteiger partial charge in [-0.05, 0) is 114 Å². The Labute approximate surface area is 476 Å². The van der Waals surface area contributed by atoms with E-state index in [2.05, 4.69) is 85.0 Å². The number of anilines is 1. The van der Waals surface area contributed by atoms with Gasteiger partial charge in [0, 0.05) is 108 Å². The largest absolute Gasteiger partial charge is 0.373 e. The summed E-state index contributed by atoms with van der Waals surface area (Å²) in [5.74, 6) is 10.4. The molecule has 8 aliphatic rings. The van der Waals surface area contributed by atoms with Gasteiger partial charge in [0.2, 0.25) is 11.8 Å². The number of benzene rings is 1. The van der Waals surface area contributed by atoms with E-state index in [9.17, 15) is 9.59 Å². The van der Waals surface area contributed by atoms with Gasteiger partial charge in [0.25, 0.3) is 0 Å². The SMILES string of the molecule is CCN1CCN(C(=O)C23CCC(CN4CCN(CC#Cc5nc(CN6CCCC6c6nnc7n6CCCCC7)sc5C)CC4)(CC2)OC3)CC1.NC1(C(=O)NCc2ccc(Cl)cc2)CCN(c2ncnc3[nH]ccc23)CC1.S. The summed E-state index contributed by atoms with van der Waals surface area (Å²) < 4.78 is 9.04. The monoisotopic (exact) mass is 1120 g/mol. The van der Waals surface area contributed by atoms with Crippen molar-refractivity contribution in [2.24, 2.45) is 11.1 Å². The van der Waals surface area contributed by atoms with Crippen LogP contribution in [-0.2, 0) is 40.4 Å². The third-order valence-corrected chi connectivity index (χ3v) is 19.1. The van der Waals surface area contributed by atoms with Crippen LogP contribution >= 0.6 is 36.4 Å². The summed E-state index contributed by atoms with van der Waals surface area (Å²) in [6, 6.07) is 9.71. The summed E-state index contributed by atoms with van der Waals surface area (Å²) in [4.78, 5) is 58.6. The standard InChI is InChI=1S/C38H57N9O2S.C19H21ClN6O.H2S/c1-3-42-23-25-45(26-24-42)36(48)37-12-14-38(15-13-37,49-29-37)28-44-21-19-43(20-22-44)16-7-9-31-30(2)50-34(39-31)27-46-17-8-10-32(46)35-41-40-33-11-5-4-6-18-47(33)35;20-14-3-1-13(2-4-14)11-23-18(27)19(21)6-9-26(10-7-19)17-15-5-8-22-16(15)24-12-25-17;/h32H,3-6,8,10-29H2,1-2H3;1-5,8,12H,6-7,9-11,21H2,(H,23,27)(H,22,24,25);1H2. The summed E-state index contributed by atoms with van der Waals surface area (Å²) in [6.07, 6.45) is 15.7. The number of carbonyl (C=O) groups is 2. The third kappa shape index (κ3) is 12.6. The van der Waals surface area contributed by atoms with Gasteiger partial charge in [-0.1, -0.05) is 43.0 Å². The number of fused-ring (bicyclic) bond motifs is 5. The van der Waals surface area contributed by atoms with Crippen LogP contribution in [0.1, 0.15) is 116 Å². The van der Waals surface area contributed by atoms with E-state index in [0.29, 0.717) is 56.1 Å². The second-order valence-electron chi connectivity index (χ2n) is 22.8. The van der Waals surface area contributed by atoms with Gasteiger partial charge < -0.3 is 40.0 Å². The van der Waals surface area contributed by atoms with Crippen LogP contribution < -0.4 is 16.0 Å². The molecule has 7 fully saturated rings. The van der Waals surface area contributed by atoms with Crippen LogP contribution in [0.25, 0.3) is 11.0 Å². The predicted molar refractivity (Wildman–Crippen MR) is 311 cm³/mol. The van der Waals surface area contributed by atoms with E-state index in [1.165, 1.54) is 42.2 Å². The number of nitrogens with two attached hydrogens (primary N) is 1. The Morgan fingerprint density at radius 1 is 0.872 bits per heavy atom. The molecule has 1 atom stereocenters. The van der Waals surface area contributed by atoms with Gasteiger partial charge in [0.1, 0.15) is 40.1 Å². The van der Waals surface area contributed by atoms with Crippen LogP contribution in [0.5, 0.6) is 0 Å². The van der Waals surface area contributed by atoms with Gasteiger partial charge >= 0.3 is 0 Å². The lowest BCUT2D eigenvalue weighted by atomic mass is 9.65. The number of carbonyl (C=O) groups excluding carboxylic acids is 2. The molecule has 0 radical (unpaired) electrons. The molecule has 78 heavy (non-hydrogen) atoms. The molecular formula is C57H80ClN15O3S2. The summed E-state index contributed by atoms with van der Waals surface area (Å²) in [5.41, 5.74) is 7.95. The van der Waals surface area contributed by atoms with Crippen LogP contribution in [0.3, 0.4) is 0 Å². The lowest BCUT2D eigenvalue weighted by Gasteiger charge is -2.55. The highest BCUT2D eigenvalue weighted by Gasteiger charge is 2.55. The molecule has 5 aromatic rings. The maximum absolute atomic E-state index is 13.6. The molecule has 1 aliphatic carbocycles. The van der Waals surface area contributed by atoms with E-state index in [-0.39, 0.29) is 30.4 Å². The molecule has 0 spiro atoms. The maximum Gasteiger partial charge on any atom is 0.240 e. The highest BCUT2D eigenvalue weighted by Crippen LogP contribution is 2.50. The van der Waals surface area contributed by atoms with Gasteiger partial charge in [-0.2, -0.15) is 13.5 Å². The highest BCUT2D eigenvalue weighted by molar-refractivity contribution is 7.59. The van der Waals surface area contributed by atoms with E-state index in [1.807, 2.05) is 36.5 Å². The zero-order valence-corrected chi connectivity index (χ0v) is 48.4. The molecule has 13 rings (SSSR count). The number of aromatic amines is 1. The Hall–Kier alpha value is -4.69. The molecule has 18 nitrogen and oxygen atoms in total. The summed E-state index contributed by atoms with van der Waals surface area (Å²) >= 11 is 7.69. The topological polar surface area (TPSA) is 186 Å². The zero-order valence-electron chi connectivity index (χ0n) is 45.8. The number of piperidine rings is 1. The Morgan fingerprint density at radius 3 is 2.37 bits per heavy atom. The van der Waals surface area contributed by atoms with Crippen LogP contribution in [-0.4, -0.2) is 180 Å². The third-order valence-electron chi connectivity index (χ3n) is 17.9. The fourth-order valence-electron chi connectivity index (χ4n) is 12.9. The minimum absolute atomic E-state index is 0. The van der Waals surface area contributed by atoms with Crippen molar-refractivity contribution in [3.05, 3.63) is 80.7 Å². The van der Waals surface area contributed by atoms with Crippen LogP contribution in [0, 0.1) is 24.2 Å². The molecule has 1 saturated carbocycles. The van der Waals surface area contributed by atoms with Crippen LogP contribution in [0.4, 0.5) is 5.82 Å². The number of hydrogen-bond acceptors (Lipinski definition) is 15. The van der Waals surface area contributed by atoms with Gasteiger partial charge in [0.05, 0.1) is 47.7 Å². The molecule has 7 aliphatic heterocycles. The van der Waals surface area contributed by atoms with Crippen molar-refractivity contribution in [1.29, 1.82) is 0 Å². The molecular weight excluding hydrogens is 1040 g/mol. The number of ether oxygens (including phenoxy) is 1. The summed E-state index contributed by atoms with van der Waals surface area (Å²) in [7, 11) is 0. The van der Waals surface area contributed by atoms with E-state index < -0.39 is 5.54 Å². The molecule has 4 N–H and O–H groups in total. The number of nitrogens with zero attached hydrogens (tertiary/aromatic N) is 12. The van der Waals surface area contributed by atoms with Crippen molar-refractivity contribution < 1.29 is 14.3 Å². The first-order valence-corrected chi connectivity index (χ1v) is 29.7. The minimum atomic E-state index is -0.868. The number of nitrogens with one attached hydrogen (secondary N) is 2. The molecule has 2 amide bonds. The number of amides is 2. The van der Waals surface area contributed by atoms with Crippen molar-refractivity contribution in [2.75, 3.05) is 103 Å². The van der Waals surface area contributed by atoms with E-state index in [1.54, 1.807) is 17.7 Å². The number of rotatable bonds is 12. The average molecular weight is 1120 g/mol. The van der Waals surface area contributed by atoms with E-state index >= 15 is 0 Å². The number of aryl methyl sites for hydroxylation is 2. The number of likely N-dealkylation sites (N-methyl/N-ethyl adjacent to an activating group) is 1. The van der Waals surface area contributed by atoms with E-state index in [0.717, 1.165) is 163 Å². The van der Waals surface area contributed by atoms with Crippen molar-refractivity contribution >= 4 is 65.1 Å². The van der Waals surface area contributed by atoms with Crippen LogP contribution in [0.15, 0.2) is 42.9 Å². The zero-order chi connectivity index (χ0) is 53.0. The number of H-pyrrole nitrogens is 1. The quantitative estimate of drug-likeness (QED) is 0.125. The summed E-state index contributed by atoms with van der Waals surface area (Å²) in [5, 5.41) is 15.0. The Bertz CT molecular complexity index is 2870. The Balaban J connectivity index is 0.000000208. The van der Waals surface area contributed by atoms with Gasteiger partial charge in [0.15, 0.2) is 0 Å². The van der Waals surface area contributed by atoms with Gasteiger partial charge in [-0.15, -0.1) is 21.5 Å². The first-order valence-electron chi connectivity index (χ1n) is 28.5. The molecule has 4 aromatic heterocycles. The lowest BCUT2D eigenvalue weighted by molar-refractivity contribution is -0.203. The lowest BCUT2D eigenvalue weighted by Crippen LogP contribution is -2.63. The number of hydrogen-bond donors (Lipinski definition) is 3. The molecule has 2 bridgehead atoms. The first-order chi connectivity index (χ1) is 37.5. The average Bonchev–Trinajstić information content (AvgIpc) is 4.40. The van der Waals surface area contributed by atoms with Gasteiger partial charge in [-0.3, -0.25) is 24.3 Å². The number of aromatic nitrogens is 7. The second kappa shape index (κ2) is 25.0. The number of piperazine rings is 2. The minimum Gasteiger partial charge on any atom is -0.373 e. The van der Waals surface area contributed by atoms with Crippen molar-refractivity contribution in [3.63, 3.8) is 0 Å². The van der Waals surface area contributed by atoms with E-state index in [4.69, 9.17) is 32.2 Å². The second-order valence-corrected chi connectivity index (χ2v) is 24.5. The number of halogens is 1. The predicted octanol–water partition coefficient (Wildman–Crippen LogP) is 5.91. The number of thiazole rings is 1. The summed E-state index contributed by atoms with van der Waals surface area (Å²) in [6.45, 7) is 20.5. The first kappa shape index (κ1) is 56.6. The normalized spacial score (nSPS) is 24.8. The van der Waals surface area contributed by atoms with Crippen molar-refractivity contribution in [2.45, 2.75) is 128 Å². The molecule has 21 heteroatoms. The van der Waals surface area contributed by atoms with Crippen molar-refractivity contribution in [3.8, 4) is 11.8 Å². The highest BCUT2D eigenvalue weighted by atomic mass is 35.5. The number of likely N-dealkylation sites (tertiary alicyclic amines) is 1. The molecule has 1 unspecified atom stereocenters. The molecule has 420 valence electrons. The molecule has 6 saturated heterocycles. The Kier molecular flexibility index (Phi) is 18.1. The smallest absolute Gasteiger partial charge is 0.240 e. The van der Waals surface area contributed by atoms with Crippen molar-refractivity contribution in [1.82, 2.24) is 64.5 Å². The van der Waals surface area contributed by atoms with Gasteiger partial charge in [-0.25, -0.2) is 15.0 Å².